The molecule has 0 heterocycles. The molecule has 2 aromatic carbocycles. The predicted octanol–water partition coefficient (Wildman–Crippen LogP) is 4.48. The number of esters is 1. The third kappa shape index (κ3) is 8.72. The van der Waals surface area contributed by atoms with Gasteiger partial charge in [-0.3, -0.25) is 4.79 Å². The average Bonchev–Trinajstić information content (AvgIpc) is 2.79. The van der Waals surface area contributed by atoms with E-state index in [9.17, 15) is 4.79 Å². The SMILES string of the molecule is CCCCC(CC)C(=O)OC(CNCc1cccc(OC)c1)C(N)Cc1ccccc1. The van der Waals surface area contributed by atoms with Gasteiger partial charge in [-0.1, -0.05) is 69.2 Å². The highest BCUT2D eigenvalue weighted by molar-refractivity contribution is 5.72. The van der Waals surface area contributed by atoms with E-state index in [0.717, 1.165) is 42.6 Å². The van der Waals surface area contributed by atoms with Crippen LogP contribution in [0.2, 0.25) is 0 Å². The maximum absolute atomic E-state index is 12.8. The first-order valence-corrected chi connectivity index (χ1v) is 11.4. The summed E-state index contributed by atoms with van der Waals surface area (Å²) in [6, 6.07) is 17.7. The summed E-state index contributed by atoms with van der Waals surface area (Å²) in [4.78, 5) is 12.8. The van der Waals surface area contributed by atoms with Crippen molar-refractivity contribution >= 4 is 5.97 Å². The lowest BCUT2D eigenvalue weighted by Crippen LogP contribution is -2.46. The molecule has 0 bridgehead atoms. The Bertz CT molecular complexity index is 766. The molecule has 0 spiro atoms. The molecule has 0 radical (unpaired) electrons. The molecule has 0 fully saturated rings. The van der Waals surface area contributed by atoms with Crippen LogP contribution in [0.4, 0.5) is 0 Å². The average molecular weight is 427 g/mol. The summed E-state index contributed by atoms with van der Waals surface area (Å²) in [6.07, 6.45) is 4.02. The number of benzene rings is 2. The highest BCUT2D eigenvalue weighted by Crippen LogP contribution is 2.17. The van der Waals surface area contributed by atoms with E-state index in [1.165, 1.54) is 0 Å². The number of hydrogen-bond donors (Lipinski definition) is 2. The van der Waals surface area contributed by atoms with E-state index in [1.54, 1.807) is 7.11 Å². The minimum absolute atomic E-state index is 0.0650. The van der Waals surface area contributed by atoms with Crippen molar-refractivity contribution < 1.29 is 14.3 Å². The van der Waals surface area contributed by atoms with Gasteiger partial charge in [0.05, 0.1) is 13.0 Å². The maximum atomic E-state index is 12.8. The Hall–Kier alpha value is -2.37. The third-order valence-corrected chi connectivity index (χ3v) is 5.60. The molecule has 2 rings (SSSR count). The lowest BCUT2D eigenvalue weighted by Gasteiger charge is -2.27. The Balaban J connectivity index is 2.02. The van der Waals surface area contributed by atoms with Crippen molar-refractivity contribution in [1.29, 1.82) is 0 Å². The molecule has 3 unspecified atom stereocenters. The van der Waals surface area contributed by atoms with Crippen LogP contribution in [0.3, 0.4) is 0 Å². The van der Waals surface area contributed by atoms with Crippen molar-refractivity contribution in [2.75, 3.05) is 13.7 Å². The Morgan fingerprint density at radius 3 is 2.48 bits per heavy atom. The van der Waals surface area contributed by atoms with E-state index in [-0.39, 0.29) is 17.9 Å². The molecule has 0 aliphatic heterocycles. The summed E-state index contributed by atoms with van der Waals surface area (Å²) in [6.45, 7) is 5.33. The highest BCUT2D eigenvalue weighted by atomic mass is 16.5. The second-order valence-electron chi connectivity index (χ2n) is 8.06. The summed E-state index contributed by atoms with van der Waals surface area (Å²) in [5.74, 6) is 0.627. The number of ether oxygens (including phenoxy) is 2. The number of nitrogens with two attached hydrogens (primary N) is 1. The number of methoxy groups -OCH3 is 1. The van der Waals surface area contributed by atoms with Crippen molar-refractivity contribution in [2.24, 2.45) is 11.7 Å². The molecule has 31 heavy (non-hydrogen) atoms. The summed E-state index contributed by atoms with van der Waals surface area (Å²) >= 11 is 0. The van der Waals surface area contributed by atoms with E-state index in [4.69, 9.17) is 15.2 Å². The zero-order chi connectivity index (χ0) is 22.5. The van der Waals surface area contributed by atoms with Gasteiger partial charge in [-0.2, -0.15) is 0 Å². The molecule has 3 atom stereocenters. The topological polar surface area (TPSA) is 73.6 Å². The zero-order valence-electron chi connectivity index (χ0n) is 19.2. The van der Waals surface area contributed by atoms with Crippen LogP contribution in [-0.2, 0) is 22.5 Å². The van der Waals surface area contributed by atoms with Crippen LogP contribution in [0, 0.1) is 5.92 Å². The van der Waals surface area contributed by atoms with Crippen LogP contribution >= 0.6 is 0 Å². The van der Waals surface area contributed by atoms with Gasteiger partial charge in [0.25, 0.3) is 0 Å². The number of carbonyl (C=O) groups is 1. The lowest BCUT2D eigenvalue weighted by atomic mass is 9.98. The smallest absolute Gasteiger partial charge is 0.309 e. The van der Waals surface area contributed by atoms with Crippen molar-refractivity contribution in [1.82, 2.24) is 5.32 Å². The largest absolute Gasteiger partial charge is 0.497 e. The summed E-state index contributed by atoms with van der Waals surface area (Å²) in [5.41, 5.74) is 8.78. The van der Waals surface area contributed by atoms with E-state index >= 15 is 0 Å². The molecule has 0 saturated carbocycles. The van der Waals surface area contributed by atoms with Crippen molar-refractivity contribution in [3.63, 3.8) is 0 Å². The third-order valence-electron chi connectivity index (χ3n) is 5.60. The van der Waals surface area contributed by atoms with Crippen molar-refractivity contribution in [3.8, 4) is 5.75 Å². The Morgan fingerprint density at radius 2 is 1.81 bits per heavy atom. The summed E-state index contributed by atoms with van der Waals surface area (Å²) in [7, 11) is 1.66. The fraction of sp³-hybridized carbons (Fsp3) is 0.500. The van der Waals surface area contributed by atoms with E-state index in [2.05, 4.69) is 24.4 Å². The van der Waals surface area contributed by atoms with Gasteiger partial charge in [0.1, 0.15) is 11.9 Å². The van der Waals surface area contributed by atoms with E-state index in [0.29, 0.717) is 19.5 Å². The fourth-order valence-electron chi connectivity index (χ4n) is 3.62. The van der Waals surface area contributed by atoms with Crippen LogP contribution in [-0.4, -0.2) is 31.8 Å². The van der Waals surface area contributed by atoms with Crippen LogP contribution in [0.15, 0.2) is 54.6 Å². The van der Waals surface area contributed by atoms with E-state index < -0.39 is 6.10 Å². The first-order valence-electron chi connectivity index (χ1n) is 11.4. The van der Waals surface area contributed by atoms with Gasteiger partial charge in [0.2, 0.25) is 0 Å². The fourth-order valence-corrected chi connectivity index (χ4v) is 3.62. The monoisotopic (exact) mass is 426 g/mol. The first kappa shape index (κ1) is 24.9. The first-order chi connectivity index (χ1) is 15.1. The normalized spacial score (nSPS) is 13.9. The Labute approximate surface area is 187 Å². The second kappa shape index (κ2) is 13.8. The molecule has 0 aromatic heterocycles. The van der Waals surface area contributed by atoms with Crippen LogP contribution < -0.4 is 15.8 Å². The van der Waals surface area contributed by atoms with Crippen LogP contribution in [0.5, 0.6) is 5.75 Å². The number of carbonyl (C=O) groups excluding carboxylic acids is 1. The molecule has 5 heteroatoms. The molecular weight excluding hydrogens is 388 g/mol. The highest BCUT2D eigenvalue weighted by Gasteiger charge is 2.26. The van der Waals surface area contributed by atoms with Crippen LogP contribution in [0.1, 0.15) is 50.7 Å². The lowest BCUT2D eigenvalue weighted by molar-refractivity contribution is -0.155. The molecule has 0 saturated heterocycles. The molecule has 2 aromatic rings. The van der Waals surface area contributed by atoms with Crippen LogP contribution in [0.25, 0.3) is 0 Å². The molecule has 0 aliphatic carbocycles. The molecule has 0 aliphatic rings. The maximum Gasteiger partial charge on any atom is 0.309 e. The second-order valence-corrected chi connectivity index (χ2v) is 8.06. The van der Waals surface area contributed by atoms with Gasteiger partial charge >= 0.3 is 5.97 Å². The molecule has 3 N–H and O–H groups in total. The zero-order valence-corrected chi connectivity index (χ0v) is 19.2. The van der Waals surface area contributed by atoms with Gasteiger partial charge in [-0.05, 0) is 42.5 Å². The van der Waals surface area contributed by atoms with Gasteiger partial charge < -0.3 is 20.5 Å². The van der Waals surface area contributed by atoms with Gasteiger partial charge in [0.15, 0.2) is 0 Å². The Morgan fingerprint density at radius 1 is 1.06 bits per heavy atom. The minimum Gasteiger partial charge on any atom is -0.497 e. The summed E-state index contributed by atoms with van der Waals surface area (Å²) in [5, 5.41) is 3.41. The van der Waals surface area contributed by atoms with Gasteiger partial charge in [-0.15, -0.1) is 0 Å². The molecule has 5 nitrogen and oxygen atoms in total. The Kier molecular flexibility index (Phi) is 11.1. The standard InChI is InChI=1S/C26H38N2O3/c1-4-6-14-22(5-2)26(29)31-25(24(27)17-20-11-8-7-9-12-20)19-28-18-21-13-10-15-23(16-21)30-3/h7-13,15-16,22,24-25,28H,4-6,14,17-19,27H2,1-3H3. The van der Waals surface area contributed by atoms with Gasteiger partial charge in [-0.25, -0.2) is 0 Å². The van der Waals surface area contributed by atoms with Crippen molar-refractivity contribution in [2.45, 2.75) is 64.6 Å². The molecule has 170 valence electrons. The molecular formula is C26H38N2O3. The number of hydrogen-bond acceptors (Lipinski definition) is 5. The number of nitrogens with one attached hydrogen (secondary N) is 1. The van der Waals surface area contributed by atoms with E-state index in [1.807, 2.05) is 49.4 Å². The minimum atomic E-state index is -0.394. The quantitative estimate of drug-likeness (QED) is 0.436. The van der Waals surface area contributed by atoms with Crippen molar-refractivity contribution in [3.05, 3.63) is 65.7 Å². The number of rotatable bonds is 14. The summed E-state index contributed by atoms with van der Waals surface area (Å²) < 4.78 is 11.3. The molecule has 0 amide bonds. The predicted molar refractivity (Wildman–Crippen MR) is 126 cm³/mol. The van der Waals surface area contributed by atoms with Gasteiger partial charge in [0, 0.05) is 19.1 Å². The number of unbranched alkanes of at least 4 members (excludes halogenated alkanes) is 1.